The van der Waals surface area contributed by atoms with Crippen molar-refractivity contribution in [3.63, 3.8) is 0 Å². The van der Waals surface area contributed by atoms with Crippen LogP contribution < -0.4 is 5.32 Å². The minimum absolute atomic E-state index is 0.0140. The van der Waals surface area contributed by atoms with Crippen LogP contribution in [0, 0.1) is 18.7 Å². The molecule has 7 nitrogen and oxygen atoms in total. The Bertz CT molecular complexity index is 1340. The van der Waals surface area contributed by atoms with E-state index in [0.717, 1.165) is 5.56 Å². The first-order valence-electron chi connectivity index (χ1n) is 11.2. The average Bonchev–Trinajstić information content (AvgIpc) is 3.24. The topological polar surface area (TPSA) is 92.5 Å². The number of hydrogen-bond acceptors (Lipinski definition) is 5. The van der Waals surface area contributed by atoms with Gasteiger partial charge in [-0.05, 0) is 55.7 Å². The predicted octanol–water partition coefficient (Wildman–Crippen LogP) is 4.66. The van der Waals surface area contributed by atoms with Crippen LogP contribution in [0.5, 0.6) is 0 Å². The molecular formula is C25H25ClFN3O4S. The van der Waals surface area contributed by atoms with Gasteiger partial charge in [0.1, 0.15) is 11.5 Å². The molecule has 4 rings (SSSR count). The van der Waals surface area contributed by atoms with Crippen molar-refractivity contribution >= 4 is 39.7 Å². The van der Waals surface area contributed by atoms with Gasteiger partial charge in [-0.25, -0.2) is 12.8 Å². The van der Waals surface area contributed by atoms with Crippen molar-refractivity contribution in [1.29, 1.82) is 0 Å². The maximum absolute atomic E-state index is 14.0. The highest BCUT2D eigenvalue weighted by molar-refractivity contribution is 7.89. The standard InChI is InChI=1S/C25H25ClFN3O4S/c1-17-24(23(34-29-17)13-10-19-5-2-3-7-22(19)27)35(32,33)30-14-4-6-20(16-30)25(31)28-15-18-8-11-21(26)12-9-18/h2-3,5,7-13,20H,4,6,14-16H2,1H3,(H,28,31)/b13-10+. The van der Waals surface area contributed by atoms with E-state index in [1.165, 1.54) is 29.4 Å². The van der Waals surface area contributed by atoms with Gasteiger partial charge < -0.3 is 9.84 Å². The molecule has 1 saturated heterocycles. The number of amides is 1. The number of nitrogens with zero attached hydrogens (tertiary/aromatic N) is 2. The Morgan fingerprint density at radius 1 is 1.23 bits per heavy atom. The average molecular weight is 518 g/mol. The van der Waals surface area contributed by atoms with Gasteiger partial charge in [0.2, 0.25) is 15.9 Å². The van der Waals surface area contributed by atoms with Gasteiger partial charge in [0.05, 0.1) is 5.92 Å². The van der Waals surface area contributed by atoms with Crippen LogP contribution in [0.1, 0.15) is 35.4 Å². The Kier molecular flexibility index (Phi) is 7.69. The van der Waals surface area contributed by atoms with Gasteiger partial charge in [-0.3, -0.25) is 4.79 Å². The van der Waals surface area contributed by atoms with Crippen molar-refractivity contribution in [3.8, 4) is 0 Å². The van der Waals surface area contributed by atoms with Crippen molar-refractivity contribution in [1.82, 2.24) is 14.8 Å². The van der Waals surface area contributed by atoms with Crippen LogP contribution in [0.4, 0.5) is 4.39 Å². The minimum atomic E-state index is -4.00. The summed E-state index contributed by atoms with van der Waals surface area (Å²) < 4.78 is 47.6. The molecule has 1 atom stereocenters. The summed E-state index contributed by atoms with van der Waals surface area (Å²) in [5, 5.41) is 7.31. The molecule has 1 aliphatic rings. The number of rotatable bonds is 7. The van der Waals surface area contributed by atoms with E-state index in [1.54, 1.807) is 30.3 Å². The SMILES string of the molecule is Cc1noc(/C=C/c2ccccc2F)c1S(=O)(=O)N1CCCC(C(=O)NCc2ccc(Cl)cc2)C1. The molecule has 1 amide bonds. The van der Waals surface area contributed by atoms with E-state index in [9.17, 15) is 17.6 Å². The molecule has 1 aliphatic heterocycles. The van der Waals surface area contributed by atoms with Crippen LogP contribution in [0.3, 0.4) is 0 Å². The Morgan fingerprint density at radius 3 is 2.71 bits per heavy atom. The molecule has 35 heavy (non-hydrogen) atoms. The quantitative estimate of drug-likeness (QED) is 0.492. The van der Waals surface area contributed by atoms with Gasteiger partial charge in [0, 0.05) is 30.2 Å². The van der Waals surface area contributed by atoms with Crippen LogP contribution in [-0.2, 0) is 21.4 Å². The lowest BCUT2D eigenvalue weighted by molar-refractivity contribution is -0.126. The lowest BCUT2D eigenvalue weighted by atomic mass is 9.99. The molecule has 1 aromatic heterocycles. The highest BCUT2D eigenvalue weighted by Gasteiger charge is 2.36. The zero-order valence-electron chi connectivity index (χ0n) is 19.1. The third-order valence-corrected chi connectivity index (χ3v) is 8.16. The molecule has 0 radical (unpaired) electrons. The fraction of sp³-hybridized carbons (Fsp3) is 0.280. The Balaban J connectivity index is 1.48. The second-order valence-electron chi connectivity index (χ2n) is 8.36. The first-order valence-corrected chi connectivity index (χ1v) is 13.0. The van der Waals surface area contributed by atoms with Gasteiger partial charge >= 0.3 is 0 Å². The van der Waals surface area contributed by atoms with E-state index in [4.69, 9.17) is 16.1 Å². The van der Waals surface area contributed by atoms with E-state index in [2.05, 4.69) is 10.5 Å². The summed E-state index contributed by atoms with van der Waals surface area (Å²) in [6.45, 7) is 2.20. The van der Waals surface area contributed by atoms with E-state index in [0.29, 0.717) is 30.0 Å². The number of hydrogen-bond donors (Lipinski definition) is 1. The normalized spacial score (nSPS) is 17.1. The second kappa shape index (κ2) is 10.7. The Labute approximate surface area is 208 Å². The number of carbonyl (C=O) groups is 1. The number of benzene rings is 2. The molecule has 1 N–H and O–H groups in total. The summed E-state index contributed by atoms with van der Waals surface area (Å²) in [5.74, 6) is -1.11. The first kappa shape index (κ1) is 25.1. The van der Waals surface area contributed by atoms with E-state index < -0.39 is 21.8 Å². The van der Waals surface area contributed by atoms with Gasteiger partial charge in [0.15, 0.2) is 10.7 Å². The van der Waals surface area contributed by atoms with Crippen LogP contribution in [-0.4, -0.2) is 36.9 Å². The molecular weight excluding hydrogens is 493 g/mol. The molecule has 1 unspecified atom stereocenters. The molecule has 0 spiro atoms. The van der Waals surface area contributed by atoms with Gasteiger partial charge in [-0.2, -0.15) is 4.31 Å². The van der Waals surface area contributed by atoms with Crippen LogP contribution in [0.25, 0.3) is 12.2 Å². The number of aryl methyl sites for hydroxylation is 1. The molecule has 184 valence electrons. The lowest BCUT2D eigenvalue weighted by Gasteiger charge is -2.31. The van der Waals surface area contributed by atoms with Crippen LogP contribution >= 0.6 is 11.6 Å². The number of aromatic nitrogens is 1. The highest BCUT2D eigenvalue weighted by Crippen LogP contribution is 2.29. The zero-order chi connectivity index (χ0) is 25.0. The number of piperidine rings is 1. The molecule has 10 heteroatoms. The zero-order valence-corrected chi connectivity index (χ0v) is 20.7. The Morgan fingerprint density at radius 2 is 1.97 bits per heavy atom. The van der Waals surface area contributed by atoms with Crippen molar-refractivity contribution in [2.24, 2.45) is 5.92 Å². The highest BCUT2D eigenvalue weighted by atomic mass is 35.5. The van der Waals surface area contributed by atoms with Gasteiger partial charge in [-0.15, -0.1) is 0 Å². The van der Waals surface area contributed by atoms with Crippen molar-refractivity contribution in [2.75, 3.05) is 13.1 Å². The summed E-state index contributed by atoms with van der Waals surface area (Å²) in [6.07, 6.45) is 3.97. The first-order chi connectivity index (χ1) is 16.8. The molecule has 2 aromatic carbocycles. The smallest absolute Gasteiger partial charge is 0.248 e. The molecule has 0 bridgehead atoms. The summed E-state index contributed by atoms with van der Waals surface area (Å²) in [4.78, 5) is 12.7. The summed E-state index contributed by atoms with van der Waals surface area (Å²) >= 11 is 5.90. The second-order valence-corrected chi connectivity index (χ2v) is 10.7. The molecule has 2 heterocycles. The molecule has 3 aromatic rings. The monoisotopic (exact) mass is 517 g/mol. The number of carbonyl (C=O) groups excluding carboxylic acids is 1. The minimum Gasteiger partial charge on any atom is -0.355 e. The van der Waals surface area contributed by atoms with Crippen LogP contribution in [0.15, 0.2) is 57.9 Å². The summed E-state index contributed by atoms with van der Waals surface area (Å²) in [6, 6.07) is 13.3. The van der Waals surface area contributed by atoms with Crippen molar-refractivity contribution < 1.29 is 22.1 Å². The molecule has 0 aliphatic carbocycles. The predicted molar refractivity (Wildman–Crippen MR) is 131 cm³/mol. The lowest BCUT2D eigenvalue weighted by Crippen LogP contribution is -2.45. The summed E-state index contributed by atoms with van der Waals surface area (Å²) in [7, 11) is -4.00. The summed E-state index contributed by atoms with van der Waals surface area (Å²) in [5.41, 5.74) is 1.39. The number of sulfonamides is 1. The number of halogens is 2. The van der Waals surface area contributed by atoms with E-state index in [-0.39, 0.29) is 35.3 Å². The van der Waals surface area contributed by atoms with E-state index >= 15 is 0 Å². The largest absolute Gasteiger partial charge is 0.355 e. The van der Waals surface area contributed by atoms with Gasteiger partial charge in [-0.1, -0.05) is 47.1 Å². The Hall–Kier alpha value is -3.01. The van der Waals surface area contributed by atoms with Gasteiger partial charge in [0.25, 0.3) is 0 Å². The number of nitrogens with one attached hydrogen (secondary N) is 1. The third kappa shape index (κ3) is 5.80. The maximum Gasteiger partial charge on any atom is 0.248 e. The van der Waals surface area contributed by atoms with Crippen LogP contribution in [0.2, 0.25) is 5.02 Å². The fourth-order valence-corrected chi connectivity index (χ4v) is 5.91. The molecule has 0 saturated carbocycles. The maximum atomic E-state index is 14.0. The van der Waals surface area contributed by atoms with Crippen molar-refractivity contribution in [3.05, 3.63) is 82.0 Å². The van der Waals surface area contributed by atoms with E-state index in [1.807, 2.05) is 12.1 Å². The molecule has 1 fully saturated rings. The fourth-order valence-electron chi connectivity index (χ4n) is 4.01. The third-order valence-electron chi connectivity index (χ3n) is 5.89. The van der Waals surface area contributed by atoms with Crippen molar-refractivity contribution in [2.45, 2.75) is 31.2 Å².